The van der Waals surface area contributed by atoms with E-state index >= 15 is 0 Å². The fraction of sp³-hybridized carbons (Fsp3) is 0.333. The number of aryl methyl sites for hydroxylation is 1. The molecule has 90 valence electrons. The molecule has 0 nitrogen and oxygen atoms in total. The molecule has 2 aromatic heterocycles. The Labute approximate surface area is 112 Å². The topological polar surface area (TPSA) is 0 Å². The number of hydrogen-bond acceptors (Lipinski definition) is 2. The average molecular weight is 262 g/mol. The lowest BCUT2D eigenvalue weighted by atomic mass is 10.1. The summed E-state index contributed by atoms with van der Waals surface area (Å²) in [5.41, 5.74) is 0. The molecule has 0 amide bonds. The van der Waals surface area contributed by atoms with Crippen LogP contribution in [0.2, 0.25) is 0 Å². The second-order valence-corrected chi connectivity index (χ2v) is 6.67. The van der Waals surface area contributed by atoms with Crippen molar-refractivity contribution in [3.63, 3.8) is 0 Å². The van der Waals surface area contributed by atoms with Crippen molar-refractivity contribution in [1.82, 2.24) is 0 Å². The molecule has 2 heteroatoms. The third kappa shape index (κ3) is 3.08. The zero-order valence-corrected chi connectivity index (χ0v) is 12.0. The predicted molar refractivity (Wildman–Crippen MR) is 80.2 cm³/mol. The van der Waals surface area contributed by atoms with E-state index in [2.05, 4.69) is 44.7 Å². The Morgan fingerprint density at radius 3 is 2.53 bits per heavy atom. The van der Waals surface area contributed by atoms with Gasteiger partial charge in [0.25, 0.3) is 0 Å². The molecule has 17 heavy (non-hydrogen) atoms. The molecule has 2 heterocycles. The van der Waals surface area contributed by atoms with E-state index in [4.69, 9.17) is 0 Å². The van der Waals surface area contributed by atoms with E-state index in [1.165, 1.54) is 19.5 Å². The van der Waals surface area contributed by atoms with Crippen LogP contribution in [0.3, 0.4) is 0 Å². The molecule has 0 aromatic carbocycles. The van der Waals surface area contributed by atoms with Crippen LogP contribution < -0.4 is 0 Å². The van der Waals surface area contributed by atoms with Gasteiger partial charge in [0, 0.05) is 19.5 Å². The van der Waals surface area contributed by atoms with Crippen LogP contribution in [0, 0.1) is 0 Å². The lowest BCUT2D eigenvalue weighted by Gasteiger charge is -2.06. The van der Waals surface area contributed by atoms with Crippen molar-refractivity contribution in [2.24, 2.45) is 0 Å². The summed E-state index contributed by atoms with van der Waals surface area (Å²) in [5, 5.41) is 0. The third-order valence-corrected chi connectivity index (χ3v) is 5.47. The molecular formula is C15H18S2. The Hall–Kier alpha value is -0.860. The molecule has 1 atom stereocenters. The lowest BCUT2D eigenvalue weighted by molar-refractivity contribution is 0.785. The van der Waals surface area contributed by atoms with E-state index < -0.39 is 0 Å². The summed E-state index contributed by atoms with van der Waals surface area (Å²) in [4.78, 5) is 5.73. The number of thiophene rings is 2. The minimum absolute atomic E-state index is 0.622. The monoisotopic (exact) mass is 262 g/mol. The fourth-order valence-electron chi connectivity index (χ4n) is 1.87. The van der Waals surface area contributed by atoms with E-state index in [0.717, 1.165) is 12.8 Å². The largest absolute Gasteiger partial charge is 0.145 e. The Morgan fingerprint density at radius 1 is 1.18 bits per heavy atom. The highest BCUT2D eigenvalue weighted by Crippen LogP contribution is 2.30. The van der Waals surface area contributed by atoms with Gasteiger partial charge in [-0.2, -0.15) is 0 Å². The molecule has 1 unspecified atom stereocenters. The van der Waals surface area contributed by atoms with Crippen molar-refractivity contribution in [3.05, 3.63) is 50.4 Å². The highest BCUT2D eigenvalue weighted by atomic mass is 32.1. The fourth-order valence-corrected chi connectivity index (χ4v) is 3.86. The van der Waals surface area contributed by atoms with E-state index in [9.17, 15) is 0 Å². The molecule has 0 aliphatic carbocycles. The van der Waals surface area contributed by atoms with Crippen LogP contribution in [0.15, 0.2) is 30.8 Å². The van der Waals surface area contributed by atoms with E-state index in [1.807, 2.05) is 28.7 Å². The Bertz CT molecular complexity index is 490. The van der Waals surface area contributed by atoms with Gasteiger partial charge in [-0.25, -0.2) is 0 Å². The van der Waals surface area contributed by atoms with Crippen molar-refractivity contribution in [2.75, 3.05) is 0 Å². The predicted octanol–water partition coefficient (Wildman–Crippen LogP) is 5.36. The van der Waals surface area contributed by atoms with Crippen LogP contribution in [0.5, 0.6) is 0 Å². The highest BCUT2D eigenvalue weighted by molar-refractivity contribution is 7.13. The van der Waals surface area contributed by atoms with Crippen LogP contribution in [-0.2, 0) is 12.8 Å². The van der Waals surface area contributed by atoms with E-state index in [1.54, 1.807) is 0 Å². The molecule has 0 bridgehead atoms. The van der Waals surface area contributed by atoms with Gasteiger partial charge in [-0.1, -0.05) is 26.5 Å². The van der Waals surface area contributed by atoms with Gasteiger partial charge in [-0.15, -0.1) is 22.7 Å². The lowest BCUT2D eigenvalue weighted by Crippen LogP contribution is -1.93. The highest BCUT2D eigenvalue weighted by Gasteiger charge is 2.10. The van der Waals surface area contributed by atoms with Gasteiger partial charge in [0.1, 0.15) is 0 Å². The summed E-state index contributed by atoms with van der Waals surface area (Å²) >= 11 is 3.81. The summed E-state index contributed by atoms with van der Waals surface area (Å²) in [5.74, 6) is 0.622. The SMILES string of the molecule is C=Cc1ccc(CC(C)c2ccc(CC)s2)s1. The van der Waals surface area contributed by atoms with Crippen LogP contribution in [0.1, 0.15) is 39.3 Å². The van der Waals surface area contributed by atoms with Crippen molar-refractivity contribution in [2.45, 2.75) is 32.6 Å². The Balaban J connectivity index is 2.05. The van der Waals surface area contributed by atoms with E-state index in [-0.39, 0.29) is 0 Å². The third-order valence-electron chi connectivity index (χ3n) is 2.91. The first-order chi connectivity index (χ1) is 8.22. The molecule has 0 aliphatic heterocycles. The number of hydrogen-bond donors (Lipinski definition) is 0. The molecule has 0 N–H and O–H groups in total. The molecule has 0 fully saturated rings. The molecule has 2 aromatic rings. The van der Waals surface area contributed by atoms with Gasteiger partial charge in [0.15, 0.2) is 0 Å². The molecular weight excluding hydrogens is 244 g/mol. The second-order valence-electron chi connectivity index (χ2n) is 4.27. The average Bonchev–Trinajstić information content (AvgIpc) is 2.96. The molecule has 0 spiro atoms. The van der Waals surface area contributed by atoms with Crippen molar-refractivity contribution in [3.8, 4) is 0 Å². The zero-order chi connectivity index (χ0) is 12.3. The van der Waals surface area contributed by atoms with Gasteiger partial charge in [0.2, 0.25) is 0 Å². The second kappa shape index (κ2) is 5.65. The van der Waals surface area contributed by atoms with E-state index in [0.29, 0.717) is 5.92 Å². The molecule has 0 radical (unpaired) electrons. The van der Waals surface area contributed by atoms with Gasteiger partial charge in [-0.3, -0.25) is 0 Å². The van der Waals surface area contributed by atoms with Gasteiger partial charge in [0.05, 0.1) is 0 Å². The standard InChI is InChI=1S/C15H18S2/c1-4-12-6-7-14(16-12)10-11(3)15-9-8-13(5-2)17-15/h4,6-9,11H,1,5,10H2,2-3H3. The number of rotatable bonds is 5. The van der Waals surface area contributed by atoms with Crippen molar-refractivity contribution >= 4 is 28.7 Å². The van der Waals surface area contributed by atoms with Crippen LogP contribution in [0.25, 0.3) is 6.08 Å². The maximum atomic E-state index is 3.81. The summed E-state index contributed by atoms with van der Waals surface area (Å²) in [6.07, 6.45) is 4.22. The minimum atomic E-state index is 0.622. The Morgan fingerprint density at radius 2 is 1.94 bits per heavy atom. The smallest absolute Gasteiger partial charge is 0.0267 e. The van der Waals surface area contributed by atoms with Crippen LogP contribution >= 0.6 is 22.7 Å². The van der Waals surface area contributed by atoms with Gasteiger partial charge < -0.3 is 0 Å². The van der Waals surface area contributed by atoms with Crippen molar-refractivity contribution in [1.29, 1.82) is 0 Å². The molecule has 2 rings (SSSR count). The Kier molecular flexibility index (Phi) is 4.19. The zero-order valence-electron chi connectivity index (χ0n) is 10.4. The minimum Gasteiger partial charge on any atom is -0.145 e. The molecule has 0 aliphatic rings. The molecule has 0 saturated carbocycles. The van der Waals surface area contributed by atoms with Crippen molar-refractivity contribution < 1.29 is 0 Å². The summed E-state index contributed by atoms with van der Waals surface area (Å²) in [7, 11) is 0. The van der Waals surface area contributed by atoms with Gasteiger partial charge in [-0.05, 0) is 43.0 Å². The summed E-state index contributed by atoms with van der Waals surface area (Å²) in [6.45, 7) is 8.34. The quantitative estimate of drug-likeness (QED) is 0.680. The van der Waals surface area contributed by atoms with Crippen LogP contribution in [0.4, 0.5) is 0 Å². The maximum absolute atomic E-state index is 3.81. The van der Waals surface area contributed by atoms with Crippen LogP contribution in [-0.4, -0.2) is 0 Å². The first kappa shape index (κ1) is 12.6. The summed E-state index contributed by atoms with van der Waals surface area (Å²) < 4.78 is 0. The normalized spacial score (nSPS) is 12.6. The van der Waals surface area contributed by atoms with Gasteiger partial charge >= 0.3 is 0 Å². The maximum Gasteiger partial charge on any atom is 0.0267 e. The molecule has 0 saturated heterocycles. The summed E-state index contributed by atoms with van der Waals surface area (Å²) in [6, 6.07) is 8.94. The first-order valence-electron chi connectivity index (χ1n) is 6.02. The first-order valence-corrected chi connectivity index (χ1v) is 7.66.